The summed E-state index contributed by atoms with van der Waals surface area (Å²) in [6.07, 6.45) is 12.2. The predicted molar refractivity (Wildman–Crippen MR) is 79.5 cm³/mol. The molecule has 112 valence electrons. The van der Waals surface area contributed by atoms with Crippen LogP contribution in [0.2, 0.25) is 0 Å². The third-order valence-electron chi connectivity index (χ3n) is 4.65. The molecule has 1 aromatic heterocycles. The van der Waals surface area contributed by atoms with E-state index in [0.717, 1.165) is 13.1 Å². The maximum Gasteiger partial charge on any atom is 0.0779 e. The molecule has 20 heavy (non-hydrogen) atoms. The Hall–Kier alpha value is -0.870. The first-order valence-electron chi connectivity index (χ1n) is 8.08. The van der Waals surface area contributed by atoms with Crippen LogP contribution in [-0.4, -0.2) is 27.5 Å². The quantitative estimate of drug-likeness (QED) is 0.899. The van der Waals surface area contributed by atoms with Crippen molar-refractivity contribution in [2.24, 2.45) is 0 Å². The van der Waals surface area contributed by atoms with Crippen molar-refractivity contribution >= 4 is 0 Å². The molecular weight excluding hydrogens is 250 g/mol. The van der Waals surface area contributed by atoms with Crippen LogP contribution in [0.15, 0.2) is 12.4 Å². The maximum absolute atomic E-state index is 6.34. The van der Waals surface area contributed by atoms with Crippen molar-refractivity contribution in [1.82, 2.24) is 15.1 Å². The van der Waals surface area contributed by atoms with Crippen molar-refractivity contribution in [3.05, 3.63) is 18.0 Å². The lowest BCUT2D eigenvalue weighted by Gasteiger charge is -2.23. The molecule has 1 aromatic rings. The van der Waals surface area contributed by atoms with Crippen LogP contribution in [0.1, 0.15) is 57.9 Å². The van der Waals surface area contributed by atoms with Gasteiger partial charge in [0.05, 0.1) is 24.4 Å². The van der Waals surface area contributed by atoms with E-state index in [4.69, 9.17) is 4.74 Å². The van der Waals surface area contributed by atoms with Crippen LogP contribution >= 0.6 is 0 Å². The summed E-state index contributed by atoms with van der Waals surface area (Å²) in [5.41, 5.74) is 1.49. The fraction of sp³-hybridized carbons (Fsp3) is 0.812. The first-order chi connectivity index (χ1) is 9.65. The topological polar surface area (TPSA) is 39.1 Å². The van der Waals surface area contributed by atoms with Gasteiger partial charge in [0.15, 0.2) is 0 Å². The molecule has 0 aromatic carbocycles. The number of hydrogen-bond acceptors (Lipinski definition) is 3. The summed E-state index contributed by atoms with van der Waals surface area (Å²) in [7, 11) is 0. The molecule has 3 rings (SSSR count). The van der Waals surface area contributed by atoms with Crippen LogP contribution in [0.3, 0.4) is 0 Å². The van der Waals surface area contributed by atoms with Gasteiger partial charge in [-0.05, 0) is 25.7 Å². The molecule has 2 aliphatic rings. The van der Waals surface area contributed by atoms with E-state index >= 15 is 0 Å². The number of rotatable bonds is 5. The van der Waals surface area contributed by atoms with Crippen molar-refractivity contribution in [2.45, 2.75) is 83.2 Å². The Bertz CT molecular complexity index is 435. The lowest BCUT2D eigenvalue weighted by molar-refractivity contribution is -0.0429. The van der Waals surface area contributed by atoms with E-state index in [0.29, 0.717) is 12.1 Å². The standard InChI is InChI=1S/C16H27N3O/c1-13(2)17-9-14-10-18-19(11-14)12-15-5-8-16(20-15)6-3-4-7-16/h10-11,13,15,17H,3-9,12H2,1-2H3. The van der Waals surface area contributed by atoms with Gasteiger partial charge in [-0.2, -0.15) is 5.10 Å². The second-order valence-electron chi connectivity index (χ2n) is 6.77. The highest BCUT2D eigenvalue weighted by atomic mass is 16.5. The number of ether oxygens (including phenoxy) is 1. The van der Waals surface area contributed by atoms with Crippen molar-refractivity contribution in [1.29, 1.82) is 0 Å². The van der Waals surface area contributed by atoms with Gasteiger partial charge in [0.2, 0.25) is 0 Å². The van der Waals surface area contributed by atoms with Crippen molar-refractivity contribution < 1.29 is 4.74 Å². The second kappa shape index (κ2) is 5.86. The first kappa shape index (κ1) is 14.1. The van der Waals surface area contributed by atoms with E-state index in [1.807, 2.05) is 6.20 Å². The number of aromatic nitrogens is 2. The summed E-state index contributed by atoms with van der Waals surface area (Å²) in [4.78, 5) is 0. The van der Waals surface area contributed by atoms with E-state index in [1.54, 1.807) is 0 Å². The van der Waals surface area contributed by atoms with Crippen molar-refractivity contribution in [3.8, 4) is 0 Å². The third-order valence-corrected chi connectivity index (χ3v) is 4.65. The van der Waals surface area contributed by atoms with E-state index in [2.05, 4.69) is 35.1 Å². The van der Waals surface area contributed by atoms with Gasteiger partial charge >= 0.3 is 0 Å². The Morgan fingerprint density at radius 1 is 1.40 bits per heavy atom. The van der Waals surface area contributed by atoms with Gasteiger partial charge in [-0.1, -0.05) is 26.7 Å². The highest BCUT2D eigenvalue weighted by Gasteiger charge is 2.42. The average Bonchev–Trinajstić information content (AvgIpc) is 3.12. The van der Waals surface area contributed by atoms with Crippen LogP contribution in [-0.2, 0) is 17.8 Å². The monoisotopic (exact) mass is 277 g/mol. The molecular formula is C16H27N3O. The molecule has 1 saturated carbocycles. The lowest BCUT2D eigenvalue weighted by atomic mass is 9.98. The van der Waals surface area contributed by atoms with E-state index in [9.17, 15) is 0 Å². The largest absolute Gasteiger partial charge is 0.370 e. The minimum atomic E-state index is 0.236. The second-order valence-corrected chi connectivity index (χ2v) is 6.77. The zero-order valence-electron chi connectivity index (χ0n) is 12.8. The molecule has 1 unspecified atom stereocenters. The molecule has 2 heterocycles. The van der Waals surface area contributed by atoms with Gasteiger partial charge in [0.1, 0.15) is 0 Å². The summed E-state index contributed by atoms with van der Waals surface area (Å²) in [6.45, 7) is 6.13. The van der Waals surface area contributed by atoms with Gasteiger partial charge in [-0.25, -0.2) is 0 Å². The summed E-state index contributed by atoms with van der Waals surface area (Å²) >= 11 is 0. The number of nitrogens with zero attached hydrogens (tertiary/aromatic N) is 2. The molecule has 4 nitrogen and oxygen atoms in total. The average molecular weight is 277 g/mol. The zero-order valence-corrected chi connectivity index (χ0v) is 12.8. The summed E-state index contributed by atoms with van der Waals surface area (Å²) in [6, 6.07) is 0.513. The number of hydrogen-bond donors (Lipinski definition) is 1. The van der Waals surface area contributed by atoms with Crippen molar-refractivity contribution in [3.63, 3.8) is 0 Å². The molecule has 1 aliphatic carbocycles. The van der Waals surface area contributed by atoms with Crippen LogP contribution in [0.4, 0.5) is 0 Å². The van der Waals surface area contributed by atoms with Crippen LogP contribution < -0.4 is 5.32 Å². The molecule has 4 heteroatoms. The molecule has 0 amide bonds. The Kier molecular flexibility index (Phi) is 4.13. The third kappa shape index (κ3) is 3.23. The summed E-state index contributed by atoms with van der Waals surface area (Å²) in [5, 5.41) is 7.89. The molecule has 1 spiro atoms. The molecule has 1 saturated heterocycles. The van der Waals surface area contributed by atoms with Gasteiger partial charge in [-0.3, -0.25) is 4.68 Å². The Labute approximate surface area is 121 Å². The Balaban J connectivity index is 1.51. The van der Waals surface area contributed by atoms with Crippen molar-refractivity contribution in [2.75, 3.05) is 0 Å². The SMILES string of the molecule is CC(C)NCc1cnn(CC2CCC3(CCCC3)O2)c1. The highest BCUT2D eigenvalue weighted by Crippen LogP contribution is 2.43. The first-order valence-corrected chi connectivity index (χ1v) is 8.08. The van der Waals surface area contributed by atoms with E-state index in [-0.39, 0.29) is 5.60 Å². The molecule has 1 aliphatic heterocycles. The predicted octanol–water partition coefficient (Wildman–Crippen LogP) is 2.87. The Morgan fingerprint density at radius 2 is 2.20 bits per heavy atom. The summed E-state index contributed by atoms with van der Waals surface area (Å²) < 4.78 is 8.40. The fourth-order valence-electron chi connectivity index (χ4n) is 3.54. The molecule has 0 bridgehead atoms. The van der Waals surface area contributed by atoms with Crippen LogP contribution in [0.25, 0.3) is 0 Å². The van der Waals surface area contributed by atoms with Gasteiger partial charge in [-0.15, -0.1) is 0 Å². The zero-order chi connectivity index (χ0) is 14.0. The van der Waals surface area contributed by atoms with Gasteiger partial charge in [0, 0.05) is 24.3 Å². The smallest absolute Gasteiger partial charge is 0.0779 e. The maximum atomic E-state index is 6.34. The Morgan fingerprint density at radius 3 is 2.95 bits per heavy atom. The molecule has 1 N–H and O–H groups in total. The van der Waals surface area contributed by atoms with Gasteiger partial charge in [0.25, 0.3) is 0 Å². The minimum absolute atomic E-state index is 0.236. The highest BCUT2D eigenvalue weighted by molar-refractivity contribution is 5.04. The summed E-state index contributed by atoms with van der Waals surface area (Å²) in [5.74, 6) is 0. The van der Waals surface area contributed by atoms with Gasteiger partial charge < -0.3 is 10.1 Å². The normalized spacial score (nSPS) is 25.1. The minimum Gasteiger partial charge on any atom is -0.370 e. The fourth-order valence-corrected chi connectivity index (χ4v) is 3.54. The molecule has 1 atom stereocenters. The van der Waals surface area contributed by atoms with Crippen LogP contribution in [0, 0.1) is 0 Å². The van der Waals surface area contributed by atoms with E-state index in [1.165, 1.54) is 44.1 Å². The molecule has 2 fully saturated rings. The van der Waals surface area contributed by atoms with E-state index < -0.39 is 0 Å². The molecule has 0 radical (unpaired) electrons. The lowest BCUT2D eigenvalue weighted by Crippen LogP contribution is -2.26. The van der Waals surface area contributed by atoms with Crippen LogP contribution in [0.5, 0.6) is 0 Å². The number of nitrogens with one attached hydrogen (secondary N) is 1.